The molecule has 128 valence electrons. The first-order valence-corrected chi connectivity index (χ1v) is 9.22. The van der Waals surface area contributed by atoms with E-state index >= 15 is 0 Å². The molecule has 0 fully saturated rings. The van der Waals surface area contributed by atoms with Gasteiger partial charge in [-0.25, -0.2) is 0 Å². The summed E-state index contributed by atoms with van der Waals surface area (Å²) in [5.74, 6) is 0. The molecule has 0 aromatic heterocycles. The third-order valence-electron chi connectivity index (χ3n) is 5.56. The topological polar surface area (TPSA) is 21.3 Å². The van der Waals surface area contributed by atoms with Crippen LogP contribution in [0.4, 0.5) is 0 Å². The van der Waals surface area contributed by atoms with E-state index < -0.39 is 0 Å². The van der Waals surface area contributed by atoms with Gasteiger partial charge in [-0.3, -0.25) is 0 Å². The Hall–Kier alpha value is -1.64. The molecule has 0 saturated carbocycles. The van der Waals surface area contributed by atoms with Crippen LogP contribution in [0.3, 0.4) is 0 Å². The van der Waals surface area contributed by atoms with Crippen LogP contribution in [0.1, 0.15) is 56.2 Å². The maximum atomic E-state index is 7.01. The average molecular weight is 323 g/mol. The van der Waals surface area contributed by atoms with Crippen molar-refractivity contribution in [2.75, 3.05) is 13.6 Å². The molecule has 2 nitrogen and oxygen atoms in total. The van der Waals surface area contributed by atoms with Crippen LogP contribution in [0.15, 0.2) is 54.6 Å². The van der Waals surface area contributed by atoms with Gasteiger partial charge in [0.05, 0.1) is 5.60 Å². The molecule has 0 saturated heterocycles. The van der Waals surface area contributed by atoms with Gasteiger partial charge in [-0.05, 0) is 56.0 Å². The minimum atomic E-state index is -0.333. The summed E-state index contributed by atoms with van der Waals surface area (Å²) in [6, 6.07) is 19.6. The SMILES string of the molecule is CCC1(CC)O[C@](CCCNC)(c2ccccc2)c2ccccc21. The molecule has 1 atom stereocenters. The quantitative estimate of drug-likeness (QED) is 0.726. The number of benzene rings is 2. The monoisotopic (exact) mass is 323 g/mol. The summed E-state index contributed by atoms with van der Waals surface area (Å²) in [6.45, 7) is 5.50. The first-order chi connectivity index (χ1) is 11.7. The zero-order chi connectivity index (χ0) is 17.0. The summed E-state index contributed by atoms with van der Waals surface area (Å²) >= 11 is 0. The van der Waals surface area contributed by atoms with Gasteiger partial charge in [-0.2, -0.15) is 0 Å². The van der Waals surface area contributed by atoms with E-state index in [-0.39, 0.29) is 11.2 Å². The van der Waals surface area contributed by atoms with E-state index in [1.54, 1.807) is 0 Å². The van der Waals surface area contributed by atoms with E-state index in [9.17, 15) is 0 Å². The van der Waals surface area contributed by atoms with Gasteiger partial charge in [-0.15, -0.1) is 0 Å². The lowest BCUT2D eigenvalue weighted by atomic mass is 9.80. The van der Waals surface area contributed by atoms with Crippen molar-refractivity contribution in [3.05, 3.63) is 71.3 Å². The Morgan fingerprint density at radius 3 is 2.12 bits per heavy atom. The molecular formula is C22H29NO. The van der Waals surface area contributed by atoms with Gasteiger partial charge in [0, 0.05) is 0 Å². The van der Waals surface area contributed by atoms with Gasteiger partial charge in [-0.1, -0.05) is 68.4 Å². The summed E-state index contributed by atoms with van der Waals surface area (Å²) in [5, 5.41) is 3.28. The molecule has 0 radical (unpaired) electrons. The minimum Gasteiger partial charge on any atom is -0.354 e. The maximum absolute atomic E-state index is 7.01. The number of hydrogen-bond donors (Lipinski definition) is 1. The maximum Gasteiger partial charge on any atom is 0.120 e. The third-order valence-corrected chi connectivity index (χ3v) is 5.56. The van der Waals surface area contributed by atoms with Crippen molar-refractivity contribution in [2.45, 2.75) is 50.7 Å². The van der Waals surface area contributed by atoms with E-state index in [1.807, 2.05) is 7.05 Å². The van der Waals surface area contributed by atoms with Crippen molar-refractivity contribution in [1.29, 1.82) is 0 Å². The second-order valence-electron chi connectivity index (χ2n) is 6.75. The molecule has 2 aromatic carbocycles. The zero-order valence-electron chi connectivity index (χ0n) is 15.1. The van der Waals surface area contributed by atoms with Crippen molar-refractivity contribution in [2.24, 2.45) is 0 Å². The normalized spacial score (nSPS) is 21.6. The van der Waals surface area contributed by atoms with Crippen LogP contribution in [0.5, 0.6) is 0 Å². The predicted molar refractivity (Wildman–Crippen MR) is 100 cm³/mol. The molecule has 0 amide bonds. The molecule has 1 N–H and O–H groups in total. The molecule has 2 heteroatoms. The van der Waals surface area contributed by atoms with Gasteiger partial charge >= 0.3 is 0 Å². The van der Waals surface area contributed by atoms with Crippen LogP contribution in [0, 0.1) is 0 Å². The Morgan fingerprint density at radius 1 is 0.875 bits per heavy atom. The van der Waals surface area contributed by atoms with Crippen molar-refractivity contribution in [1.82, 2.24) is 5.32 Å². The Bertz CT molecular complexity index is 663. The third kappa shape index (κ3) is 2.68. The fourth-order valence-corrected chi connectivity index (χ4v) is 4.22. The van der Waals surface area contributed by atoms with Crippen LogP contribution >= 0.6 is 0 Å². The van der Waals surface area contributed by atoms with Crippen LogP contribution in [-0.4, -0.2) is 13.6 Å². The summed E-state index contributed by atoms with van der Waals surface area (Å²) in [6.07, 6.45) is 4.09. The number of nitrogens with one attached hydrogen (secondary N) is 1. The van der Waals surface area contributed by atoms with E-state index in [1.165, 1.54) is 16.7 Å². The Kier molecular flexibility index (Phi) is 5.07. The standard InChI is InChI=1S/C22H29NO/c1-4-21(5-2)19-14-9-10-15-20(19)22(24-21,16-11-17-23-3)18-12-7-6-8-13-18/h6-10,12-15,23H,4-5,11,16-17H2,1-3H3/t22-/m1/s1. The van der Waals surface area contributed by atoms with E-state index in [0.29, 0.717) is 0 Å². The number of rotatable bonds is 7. The molecule has 3 rings (SSSR count). The molecule has 1 heterocycles. The molecule has 0 bridgehead atoms. The van der Waals surface area contributed by atoms with E-state index in [2.05, 4.69) is 73.8 Å². The number of fused-ring (bicyclic) bond motifs is 1. The van der Waals surface area contributed by atoms with Gasteiger partial charge in [0.2, 0.25) is 0 Å². The fraction of sp³-hybridized carbons (Fsp3) is 0.455. The Morgan fingerprint density at radius 2 is 1.50 bits per heavy atom. The predicted octanol–water partition coefficient (Wildman–Crippen LogP) is 4.98. The van der Waals surface area contributed by atoms with Crippen molar-refractivity contribution in [3.8, 4) is 0 Å². The lowest BCUT2D eigenvalue weighted by Crippen LogP contribution is -2.33. The highest BCUT2D eigenvalue weighted by Crippen LogP contribution is 2.55. The minimum absolute atomic E-state index is 0.175. The smallest absolute Gasteiger partial charge is 0.120 e. The lowest BCUT2D eigenvalue weighted by molar-refractivity contribution is -0.131. The highest BCUT2D eigenvalue weighted by molar-refractivity contribution is 5.48. The van der Waals surface area contributed by atoms with Crippen molar-refractivity contribution in [3.63, 3.8) is 0 Å². The van der Waals surface area contributed by atoms with Gasteiger partial charge in [0.25, 0.3) is 0 Å². The Labute approximate surface area is 146 Å². The number of hydrogen-bond acceptors (Lipinski definition) is 2. The van der Waals surface area contributed by atoms with Gasteiger partial charge < -0.3 is 10.1 Å². The second-order valence-corrected chi connectivity index (χ2v) is 6.75. The first kappa shape index (κ1) is 17.2. The molecule has 2 aromatic rings. The largest absolute Gasteiger partial charge is 0.354 e. The molecule has 24 heavy (non-hydrogen) atoms. The summed E-state index contributed by atoms with van der Waals surface area (Å²) < 4.78 is 7.01. The van der Waals surface area contributed by atoms with Gasteiger partial charge in [0.1, 0.15) is 5.60 Å². The summed E-state index contributed by atoms with van der Waals surface area (Å²) in [5.41, 5.74) is 3.50. The molecular weight excluding hydrogens is 294 g/mol. The second kappa shape index (κ2) is 7.08. The average Bonchev–Trinajstić information content (AvgIpc) is 2.95. The highest BCUT2D eigenvalue weighted by atomic mass is 16.5. The highest BCUT2D eigenvalue weighted by Gasteiger charge is 2.51. The molecule has 0 aliphatic carbocycles. The van der Waals surface area contributed by atoms with Gasteiger partial charge in [0.15, 0.2) is 0 Å². The van der Waals surface area contributed by atoms with Crippen molar-refractivity contribution >= 4 is 0 Å². The summed E-state index contributed by atoms with van der Waals surface area (Å²) in [7, 11) is 2.01. The molecule has 1 aliphatic heterocycles. The van der Waals surface area contributed by atoms with Crippen LogP contribution in [0.25, 0.3) is 0 Å². The molecule has 0 spiro atoms. The number of ether oxygens (including phenoxy) is 1. The molecule has 1 aliphatic rings. The zero-order valence-corrected chi connectivity index (χ0v) is 15.1. The van der Waals surface area contributed by atoms with Crippen molar-refractivity contribution < 1.29 is 4.74 Å². The van der Waals surface area contributed by atoms with Crippen LogP contribution in [0.2, 0.25) is 0 Å². The summed E-state index contributed by atoms with van der Waals surface area (Å²) in [4.78, 5) is 0. The molecule has 0 unspecified atom stereocenters. The fourth-order valence-electron chi connectivity index (χ4n) is 4.22. The van der Waals surface area contributed by atoms with E-state index in [4.69, 9.17) is 4.74 Å². The van der Waals surface area contributed by atoms with Crippen LogP contribution < -0.4 is 5.32 Å². The Balaban J connectivity index is 2.15. The lowest BCUT2D eigenvalue weighted by Gasteiger charge is -2.36. The van der Waals surface area contributed by atoms with Crippen LogP contribution in [-0.2, 0) is 15.9 Å². The van der Waals surface area contributed by atoms with E-state index in [0.717, 1.165) is 32.2 Å². The first-order valence-electron chi connectivity index (χ1n) is 9.22.